The number of carbonyl (C=O) groups is 1. The smallest absolute Gasteiger partial charge is 0.203 e. The lowest BCUT2D eigenvalue weighted by atomic mass is 10.0. The van der Waals surface area contributed by atoms with Crippen molar-refractivity contribution < 1.29 is 4.79 Å². The maximum absolute atomic E-state index is 12.7. The fourth-order valence-corrected chi connectivity index (χ4v) is 3.28. The standard InChI is InChI=1S/C24H23N3O/c1-17-14-20(15-21(16-25)24(28)19-8-6-5-7-9-19)18(2)27(17)23-12-10-22(11-13-23)26(3)4/h5-15H,1-4H3/b21-15-. The Morgan fingerprint density at radius 2 is 1.68 bits per heavy atom. The molecule has 0 fully saturated rings. The Morgan fingerprint density at radius 3 is 2.25 bits per heavy atom. The van der Waals surface area contributed by atoms with Crippen molar-refractivity contribution in [2.75, 3.05) is 19.0 Å². The molecule has 0 unspecified atom stereocenters. The van der Waals surface area contributed by atoms with Gasteiger partial charge in [0.1, 0.15) is 11.6 Å². The zero-order valence-electron chi connectivity index (χ0n) is 16.6. The van der Waals surface area contributed by atoms with Crippen LogP contribution in [0.1, 0.15) is 27.3 Å². The van der Waals surface area contributed by atoms with Crippen LogP contribution in [0.3, 0.4) is 0 Å². The van der Waals surface area contributed by atoms with E-state index in [1.54, 1.807) is 30.3 Å². The van der Waals surface area contributed by atoms with E-state index >= 15 is 0 Å². The maximum Gasteiger partial charge on any atom is 0.203 e. The Labute approximate surface area is 166 Å². The van der Waals surface area contributed by atoms with E-state index < -0.39 is 0 Å². The second-order valence-corrected chi connectivity index (χ2v) is 6.94. The summed E-state index contributed by atoms with van der Waals surface area (Å²) in [6, 6.07) is 21.3. The van der Waals surface area contributed by atoms with Crippen LogP contribution in [-0.2, 0) is 0 Å². The molecule has 3 rings (SSSR count). The first-order chi connectivity index (χ1) is 13.4. The molecule has 140 valence electrons. The van der Waals surface area contributed by atoms with E-state index in [-0.39, 0.29) is 11.4 Å². The lowest BCUT2D eigenvalue weighted by Gasteiger charge is -2.14. The van der Waals surface area contributed by atoms with Gasteiger partial charge in [-0.3, -0.25) is 4.79 Å². The predicted octanol–water partition coefficient (Wildman–Crippen LogP) is 4.95. The quantitative estimate of drug-likeness (QED) is 0.363. The number of rotatable bonds is 5. The van der Waals surface area contributed by atoms with Crippen molar-refractivity contribution in [2.24, 2.45) is 0 Å². The molecule has 0 aliphatic rings. The number of allylic oxidation sites excluding steroid dienone is 1. The monoisotopic (exact) mass is 369 g/mol. The van der Waals surface area contributed by atoms with Crippen LogP contribution in [0.15, 0.2) is 66.2 Å². The fraction of sp³-hybridized carbons (Fsp3) is 0.167. The molecule has 0 radical (unpaired) electrons. The number of nitriles is 1. The molecule has 1 heterocycles. The number of hydrogen-bond acceptors (Lipinski definition) is 3. The summed E-state index contributed by atoms with van der Waals surface area (Å²) < 4.78 is 2.13. The second kappa shape index (κ2) is 7.98. The summed E-state index contributed by atoms with van der Waals surface area (Å²) in [5.74, 6) is -0.261. The van der Waals surface area contributed by atoms with Gasteiger partial charge < -0.3 is 9.47 Å². The van der Waals surface area contributed by atoms with Crippen molar-refractivity contribution in [1.29, 1.82) is 5.26 Å². The summed E-state index contributed by atoms with van der Waals surface area (Å²) in [7, 11) is 4.02. The Morgan fingerprint density at radius 1 is 1.04 bits per heavy atom. The largest absolute Gasteiger partial charge is 0.378 e. The van der Waals surface area contributed by atoms with Crippen LogP contribution in [0.25, 0.3) is 11.8 Å². The highest BCUT2D eigenvalue weighted by Gasteiger charge is 2.15. The highest BCUT2D eigenvalue weighted by atomic mass is 16.1. The predicted molar refractivity (Wildman–Crippen MR) is 114 cm³/mol. The first-order valence-corrected chi connectivity index (χ1v) is 9.10. The topological polar surface area (TPSA) is 49.0 Å². The van der Waals surface area contributed by atoms with Crippen LogP contribution in [-0.4, -0.2) is 24.4 Å². The molecule has 3 aromatic rings. The van der Waals surface area contributed by atoms with Crippen molar-refractivity contribution >= 4 is 17.5 Å². The number of aryl methyl sites for hydroxylation is 1. The highest BCUT2D eigenvalue weighted by molar-refractivity contribution is 6.14. The van der Waals surface area contributed by atoms with Gasteiger partial charge in [0, 0.05) is 42.4 Å². The van der Waals surface area contributed by atoms with Crippen LogP contribution in [0.2, 0.25) is 0 Å². The van der Waals surface area contributed by atoms with Gasteiger partial charge in [0.25, 0.3) is 0 Å². The Kier molecular flexibility index (Phi) is 5.47. The number of ketones is 1. The molecule has 0 aliphatic heterocycles. The summed E-state index contributed by atoms with van der Waals surface area (Å²) in [6.07, 6.45) is 1.68. The summed E-state index contributed by atoms with van der Waals surface area (Å²) in [5, 5.41) is 9.54. The molecule has 0 aliphatic carbocycles. The maximum atomic E-state index is 12.7. The molecule has 0 bridgehead atoms. The van der Waals surface area contributed by atoms with E-state index in [4.69, 9.17) is 0 Å². The normalized spacial score (nSPS) is 11.2. The summed E-state index contributed by atoms with van der Waals surface area (Å²) in [4.78, 5) is 14.7. The van der Waals surface area contributed by atoms with Gasteiger partial charge in [0.15, 0.2) is 0 Å². The zero-order valence-corrected chi connectivity index (χ0v) is 16.6. The van der Waals surface area contributed by atoms with Crippen LogP contribution in [0.4, 0.5) is 5.69 Å². The molecule has 0 saturated heterocycles. The Balaban J connectivity index is 2.00. The van der Waals surface area contributed by atoms with Gasteiger partial charge in [-0.1, -0.05) is 30.3 Å². The molecule has 1 aromatic heterocycles. The molecular formula is C24H23N3O. The number of nitrogens with zero attached hydrogens (tertiary/aromatic N) is 3. The third kappa shape index (κ3) is 3.74. The van der Waals surface area contributed by atoms with Crippen LogP contribution >= 0.6 is 0 Å². The molecule has 28 heavy (non-hydrogen) atoms. The van der Waals surface area contributed by atoms with Gasteiger partial charge in [-0.25, -0.2) is 0 Å². The van der Waals surface area contributed by atoms with E-state index in [0.29, 0.717) is 5.56 Å². The first-order valence-electron chi connectivity index (χ1n) is 9.10. The van der Waals surface area contributed by atoms with Crippen LogP contribution in [0.5, 0.6) is 0 Å². The lowest BCUT2D eigenvalue weighted by molar-refractivity contribution is 0.104. The molecule has 0 spiro atoms. The number of anilines is 1. The van der Waals surface area contributed by atoms with E-state index in [2.05, 4.69) is 39.8 Å². The van der Waals surface area contributed by atoms with E-state index in [9.17, 15) is 10.1 Å². The second-order valence-electron chi connectivity index (χ2n) is 6.94. The summed E-state index contributed by atoms with van der Waals surface area (Å²) in [6.45, 7) is 4.02. The van der Waals surface area contributed by atoms with Crippen molar-refractivity contribution in [3.63, 3.8) is 0 Å². The zero-order chi connectivity index (χ0) is 20.3. The third-order valence-electron chi connectivity index (χ3n) is 4.80. The molecule has 4 nitrogen and oxygen atoms in total. The van der Waals surface area contributed by atoms with Gasteiger partial charge in [-0.05, 0) is 55.8 Å². The Hall–Kier alpha value is -3.58. The lowest BCUT2D eigenvalue weighted by Crippen LogP contribution is -2.08. The number of benzene rings is 2. The van der Waals surface area contributed by atoms with Crippen molar-refractivity contribution in [2.45, 2.75) is 13.8 Å². The minimum absolute atomic E-state index is 0.134. The average molecular weight is 369 g/mol. The van der Waals surface area contributed by atoms with Gasteiger partial charge in [0.2, 0.25) is 5.78 Å². The number of Topliss-reactive ketones (excluding diaryl/α,β-unsaturated/α-hetero) is 1. The van der Waals surface area contributed by atoms with E-state index in [0.717, 1.165) is 28.3 Å². The van der Waals surface area contributed by atoms with Gasteiger partial charge in [0.05, 0.1) is 0 Å². The first kappa shape index (κ1) is 19.2. The van der Waals surface area contributed by atoms with E-state index in [1.807, 2.05) is 40.1 Å². The molecular weight excluding hydrogens is 346 g/mol. The molecule has 4 heteroatoms. The van der Waals surface area contributed by atoms with E-state index in [1.165, 1.54) is 0 Å². The molecule has 2 aromatic carbocycles. The summed E-state index contributed by atoms with van der Waals surface area (Å²) >= 11 is 0. The van der Waals surface area contributed by atoms with Gasteiger partial charge in [-0.15, -0.1) is 0 Å². The molecule has 0 atom stereocenters. The van der Waals surface area contributed by atoms with Crippen LogP contribution < -0.4 is 4.90 Å². The van der Waals surface area contributed by atoms with Crippen LogP contribution in [0, 0.1) is 25.2 Å². The van der Waals surface area contributed by atoms with Crippen molar-refractivity contribution in [3.05, 3.63) is 88.8 Å². The van der Waals surface area contributed by atoms with Crippen molar-refractivity contribution in [3.8, 4) is 11.8 Å². The minimum Gasteiger partial charge on any atom is -0.378 e. The number of aromatic nitrogens is 1. The third-order valence-corrected chi connectivity index (χ3v) is 4.80. The minimum atomic E-state index is -0.261. The van der Waals surface area contributed by atoms with Gasteiger partial charge in [-0.2, -0.15) is 5.26 Å². The number of hydrogen-bond donors (Lipinski definition) is 0. The Bertz CT molecular complexity index is 1070. The van der Waals surface area contributed by atoms with Crippen molar-refractivity contribution in [1.82, 2.24) is 4.57 Å². The SMILES string of the molecule is Cc1cc(/C=C(/C#N)C(=O)c2ccccc2)c(C)n1-c1ccc(N(C)C)cc1. The highest BCUT2D eigenvalue weighted by Crippen LogP contribution is 2.25. The molecule has 0 amide bonds. The molecule has 0 saturated carbocycles. The van der Waals surface area contributed by atoms with Gasteiger partial charge >= 0.3 is 0 Å². The fourth-order valence-electron chi connectivity index (χ4n) is 3.28. The number of carbonyl (C=O) groups excluding carboxylic acids is 1. The molecule has 0 N–H and O–H groups in total. The average Bonchev–Trinajstić information content (AvgIpc) is 2.99. The summed E-state index contributed by atoms with van der Waals surface area (Å²) in [5.41, 5.74) is 5.74.